The average molecular weight is 203 g/mol. The SMILES string of the molecule is C=C(C)C(=O)c1ccccc1C(=O)CN. The minimum absolute atomic E-state index is 0.0967. The van der Waals surface area contributed by atoms with Crippen molar-refractivity contribution in [3.05, 3.63) is 47.5 Å². The number of allylic oxidation sites excluding steroid dienone is 1. The molecule has 0 aromatic heterocycles. The van der Waals surface area contributed by atoms with Crippen LogP contribution in [-0.2, 0) is 0 Å². The fourth-order valence-electron chi connectivity index (χ4n) is 1.26. The van der Waals surface area contributed by atoms with Gasteiger partial charge in [0.25, 0.3) is 0 Å². The van der Waals surface area contributed by atoms with Gasteiger partial charge in [0, 0.05) is 11.1 Å². The lowest BCUT2D eigenvalue weighted by molar-refractivity contribution is 0.0981. The van der Waals surface area contributed by atoms with E-state index in [9.17, 15) is 9.59 Å². The van der Waals surface area contributed by atoms with E-state index in [1.54, 1.807) is 31.2 Å². The maximum absolute atomic E-state index is 11.7. The Balaban J connectivity index is 3.23. The molecule has 15 heavy (non-hydrogen) atoms. The molecule has 78 valence electrons. The molecule has 0 spiro atoms. The second kappa shape index (κ2) is 4.66. The van der Waals surface area contributed by atoms with E-state index < -0.39 is 0 Å². The summed E-state index contributed by atoms with van der Waals surface area (Å²) in [6.45, 7) is 5.09. The maximum Gasteiger partial charge on any atom is 0.188 e. The lowest BCUT2D eigenvalue weighted by atomic mass is 9.97. The number of carbonyl (C=O) groups excluding carboxylic acids is 2. The highest BCUT2D eigenvalue weighted by Gasteiger charge is 2.15. The molecule has 1 aromatic rings. The Labute approximate surface area is 88.6 Å². The van der Waals surface area contributed by atoms with Crippen LogP contribution < -0.4 is 5.73 Å². The second-order valence-electron chi connectivity index (χ2n) is 3.28. The second-order valence-corrected chi connectivity index (χ2v) is 3.28. The summed E-state index contributed by atoms with van der Waals surface area (Å²) in [6.07, 6.45) is 0. The van der Waals surface area contributed by atoms with Crippen molar-refractivity contribution in [3.63, 3.8) is 0 Å². The number of hydrogen-bond acceptors (Lipinski definition) is 3. The van der Waals surface area contributed by atoms with E-state index in [1.165, 1.54) is 0 Å². The zero-order valence-corrected chi connectivity index (χ0v) is 8.62. The Morgan fingerprint density at radius 3 is 2.27 bits per heavy atom. The van der Waals surface area contributed by atoms with Gasteiger partial charge in [0.15, 0.2) is 11.6 Å². The van der Waals surface area contributed by atoms with Crippen LogP contribution in [0.15, 0.2) is 36.4 Å². The number of nitrogens with two attached hydrogens (primary N) is 1. The normalized spacial score (nSPS) is 9.73. The van der Waals surface area contributed by atoms with Crippen molar-refractivity contribution in [3.8, 4) is 0 Å². The largest absolute Gasteiger partial charge is 0.324 e. The highest BCUT2D eigenvalue weighted by molar-refractivity contribution is 6.15. The molecule has 0 aliphatic rings. The molecular formula is C12H13NO2. The Kier molecular flexibility index (Phi) is 3.52. The van der Waals surface area contributed by atoms with Crippen LogP contribution in [0.2, 0.25) is 0 Å². The zero-order chi connectivity index (χ0) is 11.4. The predicted molar refractivity (Wildman–Crippen MR) is 59.0 cm³/mol. The van der Waals surface area contributed by atoms with Gasteiger partial charge in [0.05, 0.1) is 6.54 Å². The molecular weight excluding hydrogens is 190 g/mol. The molecule has 0 aliphatic carbocycles. The van der Waals surface area contributed by atoms with Crippen LogP contribution in [0.25, 0.3) is 0 Å². The maximum atomic E-state index is 11.7. The first kappa shape index (κ1) is 11.3. The van der Waals surface area contributed by atoms with Gasteiger partial charge in [-0.1, -0.05) is 30.8 Å². The Hall–Kier alpha value is -1.74. The van der Waals surface area contributed by atoms with Crippen molar-refractivity contribution in [1.29, 1.82) is 0 Å². The van der Waals surface area contributed by atoms with Gasteiger partial charge in [0.1, 0.15) is 0 Å². The molecule has 0 unspecified atom stereocenters. The molecule has 0 aliphatic heterocycles. The van der Waals surface area contributed by atoms with Crippen molar-refractivity contribution in [1.82, 2.24) is 0 Å². The summed E-state index contributed by atoms with van der Waals surface area (Å²) in [5.41, 5.74) is 6.42. The standard InChI is InChI=1S/C12H13NO2/c1-8(2)12(15)10-6-4-3-5-9(10)11(14)7-13/h3-6H,1,7,13H2,2H3. The molecule has 3 nitrogen and oxygen atoms in total. The molecule has 0 atom stereocenters. The lowest BCUT2D eigenvalue weighted by Crippen LogP contribution is -2.17. The fourth-order valence-corrected chi connectivity index (χ4v) is 1.26. The third kappa shape index (κ3) is 2.39. The number of rotatable bonds is 4. The molecule has 3 heteroatoms. The van der Waals surface area contributed by atoms with Crippen LogP contribution in [0.1, 0.15) is 27.6 Å². The highest BCUT2D eigenvalue weighted by Crippen LogP contribution is 2.13. The van der Waals surface area contributed by atoms with Gasteiger partial charge in [0.2, 0.25) is 0 Å². The highest BCUT2D eigenvalue weighted by atomic mass is 16.1. The Morgan fingerprint density at radius 1 is 1.27 bits per heavy atom. The van der Waals surface area contributed by atoms with Crippen LogP contribution in [0, 0.1) is 0 Å². The van der Waals surface area contributed by atoms with Crippen molar-refractivity contribution >= 4 is 11.6 Å². The van der Waals surface area contributed by atoms with Crippen LogP contribution >= 0.6 is 0 Å². The third-order valence-electron chi connectivity index (χ3n) is 2.05. The van der Waals surface area contributed by atoms with E-state index in [0.717, 1.165) is 0 Å². The van der Waals surface area contributed by atoms with Gasteiger partial charge in [-0.15, -0.1) is 0 Å². The molecule has 0 radical (unpaired) electrons. The molecule has 0 amide bonds. The smallest absolute Gasteiger partial charge is 0.188 e. The third-order valence-corrected chi connectivity index (χ3v) is 2.05. The van der Waals surface area contributed by atoms with Gasteiger partial charge >= 0.3 is 0 Å². The molecule has 0 saturated carbocycles. The minimum Gasteiger partial charge on any atom is -0.324 e. The molecule has 0 heterocycles. The summed E-state index contributed by atoms with van der Waals surface area (Å²) >= 11 is 0. The predicted octanol–water partition coefficient (Wildman–Crippen LogP) is 1.59. The molecule has 2 N–H and O–H groups in total. The topological polar surface area (TPSA) is 60.2 Å². The monoisotopic (exact) mass is 203 g/mol. The average Bonchev–Trinajstić information content (AvgIpc) is 2.27. The van der Waals surface area contributed by atoms with Gasteiger partial charge in [-0.25, -0.2) is 0 Å². The van der Waals surface area contributed by atoms with E-state index in [1.807, 2.05) is 0 Å². The Bertz CT molecular complexity index is 421. The van der Waals surface area contributed by atoms with Gasteiger partial charge in [-0.2, -0.15) is 0 Å². The Morgan fingerprint density at radius 2 is 1.80 bits per heavy atom. The van der Waals surface area contributed by atoms with Gasteiger partial charge in [-0.3, -0.25) is 9.59 Å². The zero-order valence-electron chi connectivity index (χ0n) is 8.62. The van der Waals surface area contributed by atoms with E-state index in [2.05, 4.69) is 6.58 Å². The summed E-state index contributed by atoms with van der Waals surface area (Å²) in [6, 6.07) is 6.63. The fraction of sp³-hybridized carbons (Fsp3) is 0.167. The summed E-state index contributed by atoms with van der Waals surface area (Å²) in [7, 11) is 0. The first-order valence-corrected chi connectivity index (χ1v) is 4.60. The van der Waals surface area contributed by atoms with Crippen LogP contribution in [0.4, 0.5) is 0 Å². The quantitative estimate of drug-likeness (QED) is 0.597. The molecule has 0 saturated heterocycles. The first-order valence-electron chi connectivity index (χ1n) is 4.60. The lowest BCUT2D eigenvalue weighted by Gasteiger charge is -2.05. The van der Waals surface area contributed by atoms with E-state index >= 15 is 0 Å². The van der Waals surface area contributed by atoms with E-state index in [0.29, 0.717) is 16.7 Å². The van der Waals surface area contributed by atoms with Crippen LogP contribution in [-0.4, -0.2) is 18.1 Å². The van der Waals surface area contributed by atoms with Gasteiger partial charge < -0.3 is 5.73 Å². The number of ketones is 2. The van der Waals surface area contributed by atoms with Crippen molar-refractivity contribution in [2.24, 2.45) is 5.73 Å². The molecule has 1 rings (SSSR count). The van der Waals surface area contributed by atoms with Crippen LogP contribution in [0.3, 0.4) is 0 Å². The summed E-state index contributed by atoms with van der Waals surface area (Å²) in [4.78, 5) is 23.1. The van der Waals surface area contributed by atoms with Crippen molar-refractivity contribution < 1.29 is 9.59 Å². The van der Waals surface area contributed by atoms with Crippen molar-refractivity contribution in [2.45, 2.75) is 6.92 Å². The summed E-state index contributed by atoms with van der Waals surface area (Å²) in [5, 5.41) is 0. The number of hydrogen-bond donors (Lipinski definition) is 1. The molecule has 0 fully saturated rings. The van der Waals surface area contributed by atoms with Crippen molar-refractivity contribution in [2.75, 3.05) is 6.54 Å². The van der Waals surface area contributed by atoms with Crippen LogP contribution in [0.5, 0.6) is 0 Å². The first-order chi connectivity index (χ1) is 7.07. The van der Waals surface area contributed by atoms with E-state index in [4.69, 9.17) is 5.73 Å². The number of carbonyl (C=O) groups is 2. The number of benzene rings is 1. The summed E-state index contributed by atoms with van der Waals surface area (Å²) < 4.78 is 0. The molecule has 1 aromatic carbocycles. The van der Waals surface area contributed by atoms with E-state index in [-0.39, 0.29) is 18.1 Å². The summed E-state index contributed by atoms with van der Waals surface area (Å²) in [5.74, 6) is -0.451. The molecule has 0 bridgehead atoms. The number of Topliss-reactive ketones (excluding diaryl/α,β-unsaturated/α-hetero) is 2. The van der Waals surface area contributed by atoms with Gasteiger partial charge in [-0.05, 0) is 12.5 Å². The minimum atomic E-state index is -0.236.